The van der Waals surface area contributed by atoms with Gasteiger partial charge in [-0.3, -0.25) is 9.78 Å². The topological polar surface area (TPSA) is 76.1 Å². The molecule has 20 heavy (non-hydrogen) atoms. The highest BCUT2D eigenvalue weighted by atomic mass is 35.7. The molecule has 0 aliphatic carbocycles. The molecule has 0 saturated carbocycles. The van der Waals surface area contributed by atoms with Gasteiger partial charge in [0.1, 0.15) is 9.90 Å². The Balaban J connectivity index is 2.04. The summed E-state index contributed by atoms with van der Waals surface area (Å²) in [7, 11) is 1.52. The zero-order valence-electron chi connectivity index (χ0n) is 10.5. The van der Waals surface area contributed by atoms with Crippen molar-refractivity contribution in [3.8, 4) is 0 Å². The maximum absolute atomic E-state index is 11.9. The molecule has 5 nitrogen and oxygen atoms in total. The van der Waals surface area contributed by atoms with Crippen LogP contribution in [0.4, 0.5) is 0 Å². The van der Waals surface area contributed by atoms with E-state index in [-0.39, 0.29) is 16.7 Å². The van der Waals surface area contributed by atoms with Crippen LogP contribution in [0.25, 0.3) is 0 Å². The van der Waals surface area contributed by atoms with Crippen LogP contribution in [0.15, 0.2) is 34.7 Å². The molecule has 0 atom stereocenters. The third kappa shape index (κ3) is 3.56. The summed E-state index contributed by atoms with van der Waals surface area (Å²) in [6, 6.07) is 6.58. The predicted molar refractivity (Wildman–Crippen MR) is 77.5 cm³/mol. The number of nitrogens with one attached hydrogen (secondary N) is 1. The first-order valence-corrected chi connectivity index (χ1v) is 8.73. The molecule has 0 bridgehead atoms. The molecule has 106 valence electrons. The summed E-state index contributed by atoms with van der Waals surface area (Å²) in [4.78, 5) is 16.6. The quantitative estimate of drug-likeness (QED) is 0.873. The second kappa shape index (κ2) is 5.90. The molecule has 1 N–H and O–H groups in total. The molecule has 2 aromatic heterocycles. The van der Waals surface area contributed by atoms with Gasteiger partial charge < -0.3 is 5.32 Å². The number of carbonyl (C=O) groups is 1. The average molecular weight is 331 g/mol. The zero-order valence-corrected chi connectivity index (χ0v) is 12.8. The number of carbonyl (C=O) groups excluding carboxylic acids is 1. The summed E-state index contributed by atoms with van der Waals surface area (Å²) >= 11 is 1.03. The van der Waals surface area contributed by atoms with E-state index in [4.69, 9.17) is 10.7 Å². The van der Waals surface area contributed by atoms with Crippen LogP contribution in [0.3, 0.4) is 0 Å². The minimum absolute atomic E-state index is 0.0671. The maximum atomic E-state index is 11.9. The van der Waals surface area contributed by atoms with Crippen LogP contribution in [0.1, 0.15) is 20.9 Å². The Morgan fingerprint density at radius 3 is 2.75 bits per heavy atom. The van der Waals surface area contributed by atoms with E-state index in [1.54, 1.807) is 31.3 Å². The van der Waals surface area contributed by atoms with Gasteiger partial charge in [0.05, 0.1) is 6.54 Å². The van der Waals surface area contributed by atoms with Crippen molar-refractivity contribution in [2.75, 3.05) is 0 Å². The third-order valence-electron chi connectivity index (χ3n) is 2.53. The molecule has 0 aromatic carbocycles. The van der Waals surface area contributed by atoms with Gasteiger partial charge in [0.2, 0.25) is 0 Å². The van der Waals surface area contributed by atoms with Crippen LogP contribution in [-0.4, -0.2) is 19.3 Å². The molecule has 2 aromatic rings. The number of thiophene rings is 1. The number of hydrogen-bond acceptors (Lipinski definition) is 5. The van der Waals surface area contributed by atoms with Crippen molar-refractivity contribution < 1.29 is 13.2 Å². The maximum Gasteiger partial charge on any atom is 0.270 e. The highest BCUT2D eigenvalue weighted by Gasteiger charge is 2.14. The van der Waals surface area contributed by atoms with Gasteiger partial charge in [0.25, 0.3) is 15.0 Å². The highest BCUT2D eigenvalue weighted by molar-refractivity contribution is 8.15. The fraction of sp³-hybridized carbons (Fsp3) is 0.167. The van der Waals surface area contributed by atoms with Gasteiger partial charge in [-0.2, -0.15) is 0 Å². The number of halogens is 1. The summed E-state index contributed by atoms with van der Waals surface area (Å²) in [5, 5.41) is 2.69. The van der Waals surface area contributed by atoms with Crippen molar-refractivity contribution >= 4 is 37.0 Å². The monoisotopic (exact) mass is 330 g/mol. The smallest absolute Gasteiger partial charge is 0.270 e. The van der Waals surface area contributed by atoms with Crippen LogP contribution in [0.5, 0.6) is 0 Å². The zero-order chi connectivity index (χ0) is 14.8. The summed E-state index contributed by atoms with van der Waals surface area (Å²) < 4.78 is 22.3. The lowest BCUT2D eigenvalue weighted by Crippen LogP contribution is -2.24. The van der Waals surface area contributed by atoms with Gasteiger partial charge in [0.15, 0.2) is 0 Å². The Kier molecular flexibility index (Phi) is 4.42. The van der Waals surface area contributed by atoms with Crippen molar-refractivity contribution in [2.45, 2.75) is 17.7 Å². The molecular formula is C12H11ClN2O3S2. The molecule has 2 rings (SSSR count). The predicted octanol–water partition coefficient (Wildman–Crippen LogP) is 2.31. The molecular weight excluding hydrogens is 320 g/mol. The first-order chi connectivity index (χ1) is 9.38. The largest absolute Gasteiger partial charge is 0.346 e. The van der Waals surface area contributed by atoms with Gasteiger partial charge in [0, 0.05) is 21.8 Å². The van der Waals surface area contributed by atoms with Crippen molar-refractivity contribution in [2.24, 2.45) is 0 Å². The van der Waals surface area contributed by atoms with Crippen LogP contribution in [0, 0.1) is 6.92 Å². The molecule has 0 fully saturated rings. The van der Waals surface area contributed by atoms with Gasteiger partial charge in [-0.05, 0) is 30.7 Å². The van der Waals surface area contributed by atoms with Crippen molar-refractivity contribution in [1.29, 1.82) is 0 Å². The average Bonchev–Trinajstić information content (AvgIpc) is 2.85. The van der Waals surface area contributed by atoms with E-state index < -0.39 is 9.05 Å². The van der Waals surface area contributed by atoms with E-state index in [1.807, 2.05) is 0 Å². The summed E-state index contributed by atoms with van der Waals surface area (Å²) in [5.74, 6) is -0.299. The van der Waals surface area contributed by atoms with E-state index in [2.05, 4.69) is 10.3 Å². The lowest BCUT2D eigenvalue weighted by molar-refractivity contribution is 0.0945. The van der Waals surface area contributed by atoms with Crippen LogP contribution < -0.4 is 5.32 Å². The lowest BCUT2D eigenvalue weighted by Gasteiger charge is -2.05. The van der Waals surface area contributed by atoms with Gasteiger partial charge in [-0.25, -0.2) is 8.42 Å². The molecule has 0 aliphatic rings. The number of amides is 1. The summed E-state index contributed by atoms with van der Waals surface area (Å²) in [5.41, 5.74) is 1.13. The standard InChI is InChI=1S/C12H11ClN2O3S2/c1-8-3-2-6-14-11(8)12(16)15-7-9-4-5-10(19-9)20(13,17)18/h2-6H,7H2,1H3,(H,15,16). The SMILES string of the molecule is Cc1cccnc1C(=O)NCc1ccc(S(=O)(=O)Cl)s1. The number of pyridine rings is 1. The van der Waals surface area contributed by atoms with E-state index in [1.165, 1.54) is 6.07 Å². The number of aromatic nitrogens is 1. The van der Waals surface area contributed by atoms with Crippen LogP contribution in [-0.2, 0) is 15.6 Å². The molecule has 0 radical (unpaired) electrons. The number of aryl methyl sites for hydroxylation is 1. The first-order valence-electron chi connectivity index (χ1n) is 5.61. The van der Waals surface area contributed by atoms with E-state index in [0.29, 0.717) is 10.6 Å². The van der Waals surface area contributed by atoms with Gasteiger partial charge in [-0.1, -0.05) is 6.07 Å². The van der Waals surface area contributed by atoms with Gasteiger partial charge in [-0.15, -0.1) is 11.3 Å². The molecule has 0 aliphatic heterocycles. The number of rotatable bonds is 4. The Labute approximate surface area is 125 Å². The number of hydrogen-bond donors (Lipinski definition) is 1. The fourth-order valence-electron chi connectivity index (χ4n) is 1.56. The van der Waals surface area contributed by atoms with Crippen molar-refractivity contribution in [1.82, 2.24) is 10.3 Å². The molecule has 0 saturated heterocycles. The molecule has 0 unspecified atom stereocenters. The Hall–Kier alpha value is -1.44. The normalized spacial score (nSPS) is 11.3. The Morgan fingerprint density at radius 2 is 2.15 bits per heavy atom. The molecule has 2 heterocycles. The fourth-order valence-corrected chi connectivity index (χ4v) is 3.62. The van der Waals surface area contributed by atoms with E-state index in [9.17, 15) is 13.2 Å². The Morgan fingerprint density at radius 1 is 1.40 bits per heavy atom. The first kappa shape index (κ1) is 15.0. The minimum Gasteiger partial charge on any atom is -0.346 e. The molecule has 1 amide bonds. The van der Waals surface area contributed by atoms with E-state index >= 15 is 0 Å². The van der Waals surface area contributed by atoms with E-state index in [0.717, 1.165) is 16.9 Å². The molecule has 8 heteroatoms. The third-order valence-corrected chi connectivity index (χ3v) is 5.70. The Bertz CT molecular complexity index is 741. The van der Waals surface area contributed by atoms with Crippen molar-refractivity contribution in [3.63, 3.8) is 0 Å². The van der Waals surface area contributed by atoms with Crippen LogP contribution >= 0.6 is 22.0 Å². The second-order valence-corrected chi connectivity index (χ2v) is 7.97. The molecule has 0 spiro atoms. The van der Waals surface area contributed by atoms with Crippen LogP contribution in [0.2, 0.25) is 0 Å². The summed E-state index contributed by atoms with van der Waals surface area (Å²) in [6.07, 6.45) is 1.55. The van der Waals surface area contributed by atoms with Crippen molar-refractivity contribution in [3.05, 3.63) is 46.6 Å². The minimum atomic E-state index is -3.71. The number of nitrogens with zero attached hydrogens (tertiary/aromatic N) is 1. The lowest BCUT2D eigenvalue weighted by atomic mass is 10.2. The second-order valence-electron chi connectivity index (χ2n) is 4.01. The summed E-state index contributed by atoms with van der Waals surface area (Å²) in [6.45, 7) is 2.02. The highest BCUT2D eigenvalue weighted by Crippen LogP contribution is 2.24. The van der Waals surface area contributed by atoms with Gasteiger partial charge >= 0.3 is 0 Å².